The van der Waals surface area contributed by atoms with Gasteiger partial charge in [0.1, 0.15) is 11.6 Å². The smallest absolute Gasteiger partial charge is 0.268 e. The van der Waals surface area contributed by atoms with Gasteiger partial charge >= 0.3 is 0 Å². The van der Waals surface area contributed by atoms with E-state index in [0.717, 1.165) is 16.8 Å². The number of nitrogens with one attached hydrogen (secondary N) is 1. The Morgan fingerprint density at radius 3 is 2.48 bits per heavy atom. The first-order valence-corrected chi connectivity index (χ1v) is 9.49. The van der Waals surface area contributed by atoms with Gasteiger partial charge in [-0.3, -0.25) is 10.1 Å². The molecule has 1 heterocycles. The molecule has 1 N–H and O–H groups in total. The molecule has 0 aliphatic rings. The summed E-state index contributed by atoms with van der Waals surface area (Å²) in [4.78, 5) is 16.9. The number of nitrogens with zero attached hydrogens (tertiary/aromatic N) is 2. The van der Waals surface area contributed by atoms with Crippen LogP contribution in [0.25, 0.3) is 17.3 Å². The first-order chi connectivity index (χ1) is 13.1. The average Bonchev–Trinajstić information content (AvgIpc) is 3.15. The lowest BCUT2D eigenvalue weighted by Gasteiger charge is -2.05. The molecule has 0 aliphatic heterocycles. The van der Waals surface area contributed by atoms with E-state index in [1.165, 1.54) is 16.9 Å². The van der Waals surface area contributed by atoms with Crippen LogP contribution < -0.4 is 5.32 Å². The number of thiazole rings is 1. The maximum atomic E-state index is 12.4. The van der Waals surface area contributed by atoms with Gasteiger partial charge in [-0.25, -0.2) is 4.98 Å². The molecule has 1 amide bonds. The minimum atomic E-state index is -0.459. The maximum absolute atomic E-state index is 12.4. The van der Waals surface area contributed by atoms with Crippen molar-refractivity contribution >= 4 is 28.5 Å². The van der Waals surface area contributed by atoms with Gasteiger partial charge < -0.3 is 0 Å². The first kappa shape index (κ1) is 18.6. The summed E-state index contributed by atoms with van der Waals surface area (Å²) in [6, 6.07) is 19.6. The van der Waals surface area contributed by atoms with Crippen LogP contribution in [0.1, 0.15) is 30.9 Å². The van der Waals surface area contributed by atoms with Gasteiger partial charge in [0.15, 0.2) is 5.13 Å². The fourth-order valence-corrected chi connectivity index (χ4v) is 3.24. The lowest BCUT2D eigenvalue weighted by atomic mass is 10.0. The molecule has 0 bridgehead atoms. The molecule has 1 aromatic heterocycles. The Morgan fingerprint density at radius 2 is 1.85 bits per heavy atom. The average molecular weight is 373 g/mol. The molecular formula is C22H19N3OS. The summed E-state index contributed by atoms with van der Waals surface area (Å²) >= 11 is 1.33. The predicted molar refractivity (Wildman–Crippen MR) is 110 cm³/mol. The summed E-state index contributed by atoms with van der Waals surface area (Å²) in [6.07, 6.45) is 1.59. The quantitative estimate of drug-likeness (QED) is 0.476. The molecule has 27 heavy (non-hydrogen) atoms. The van der Waals surface area contributed by atoms with Crippen molar-refractivity contribution in [3.05, 3.63) is 76.7 Å². The van der Waals surface area contributed by atoms with Crippen LogP contribution in [0.3, 0.4) is 0 Å². The Labute approximate surface area is 162 Å². The number of rotatable bonds is 5. The monoisotopic (exact) mass is 373 g/mol. The number of hydrogen-bond acceptors (Lipinski definition) is 4. The van der Waals surface area contributed by atoms with E-state index in [0.29, 0.717) is 11.0 Å². The van der Waals surface area contributed by atoms with Gasteiger partial charge in [0.25, 0.3) is 5.91 Å². The van der Waals surface area contributed by atoms with Gasteiger partial charge in [-0.15, -0.1) is 11.3 Å². The second-order valence-electron chi connectivity index (χ2n) is 6.35. The lowest BCUT2D eigenvalue weighted by Crippen LogP contribution is -2.13. The molecule has 4 nitrogen and oxygen atoms in total. The Morgan fingerprint density at radius 1 is 1.15 bits per heavy atom. The number of benzene rings is 2. The fraction of sp³-hybridized carbons (Fsp3) is 0.136. The van der Waals surface area contributed by atoms with E-state index in [1.54, 1.807) is 6.08 Å². The molecule has 0 spiro atoms. The van der Waals surface area contributed by atoms with Crippen LogP contribution in [0.2, 0.25) is 0 Å². The van der Waals surface area contributed by atoms with E-state index in [4.69, 9.17) is 0 Å². The van der Waals surface area contributed by atoms with E-state index in [9.17, 15) is 10.1 Å². The molecule has 134 valence electrons. The van der Waals surface area contributed by atoms with Crippen LogP contribution in [-0.4, -0.2) is 10.9 Å². The Bertz CT molecular complexity index is 996. The molecule has 2 aromatic carbocycles. The standard InChI is InChI=1S/C22H19N3OS/c1-15(2)17-10-8-16(9-11-17)12-19(13-23)21(26)25-22-24-20(14-27-22)18-6-4-3-5-7-18/h3-12,14-15H,1-2H3,(H,24,25,26)/b19-12-. The van der Waals surface area contributed by atoms with Gasteiger partial charge in [0.05, 0.1) is 5.69 Å². The molecule has 5 heteroatoms. The Hall–Kier alpha value is -3.23. The summed E-state index contributed by atoms with van der Waals surface area (Å²) in [5, 5.41) is 14.4. The van der Waals surface area contributed by atoms with Gasteiger partial charge in [0, 0.05) is 10.9 Å². The van der Waals surface area contributed by atoms with Gasteiger partial charge in [-0.1, -0.05) is 68.4 Å². The fourth-order valence-electron chi connectivity index (χ4n) is 2.53. The molecule has 0 saturated heterocycles. The summed E-state index contributed by atoms with van der Waals surface area (Å²) in [5.41, 5.74) is 3.85. The molecule has 0 aliphatic carbocycles. The van der Waals surface area contributed by atoms with Crippen molar-refractivity contribution in [2.75, 3.05) is 5.32 Å². The molecule has 0 unspecified atom stereocenters. The highest BCUT2D eigenvalue weighted by Gasteiger charge is 2.12. The largest absolute Gasteiger partial charge is 0.297 e. The van der Waals surface area contributed by atoms with Crippen LogP contribution in [-0.2, 0) is 4.79 Å². The highest BCUT2D eigenvalue weighted by Crippen LogP contribution is 2.25. The van der Waals surface area contributed by atoms with E-state index in [1.807, 2.05) is 66.0 Å². The van der Waals surface area contributed by atoms with E-state index < -0.39 is 5.91 Å². The zero-order valence-electron chi connectivity index (χ0n) is 15.1. The summed E-state index contributed by atoms with van der Waals surface area (Å²) in [6.45, 7) is 4.24. The molecule has 3 aromatic rings. The van der Waals surface area contributed by atoms with E-state index >= 15 is 0 Å². The molecule has 3 rings (SSSR count). The topological polar surface area (TPSA) is 65.8 Å². The minimum Gasteiger partial charge on any atom is -0.297 e. The van der Waals surface area contributed by atoms with Gasteiger partial charge in [0.2, 0.25) is 0 Å². The van der Waals surface area contributed by atoms with E-state index in [2.05, 4.69) is 24.1 Å². The second-order valence-corrected chi connectivity index (χ2v) is 7.21. The van der Waals surface area contributed by atoms with Crippen LogP contribution in [0.5, 0.6) is 0 Å². The van der Waals surface area contributed by atoms with Crippen LogP contribution >= 0.6 is 11.3 Å². The third-order valence-corrected chi connectivity index (χ3v) is 4.83. The SMILES string of the molecule is CC(C)c1ccc(/C=C(/C#N)C(=O)Nc2nc(-c3ccccc3)cs2)cc1. The number of carbonyl (C=O) groups is 1. The molecule has 0 radical (unpaired) electrons. The Kier molecular flexibility index (Phi) is 5.80. The van der Waals surface area contributed by atoms with Crippen molar-refractivity contribution in [2.24, 2.45) is 0 Å². The summed E-state index contributed by atoms with van der Waals surface area (Å²) in [5.74, 6) is -0.0233. The molecule has 0 saturated carbocycles. The number of carbonyl (C=O) groups excluding carboxylic acids is 1. The third kappa shape index (κ3) is 4.69. The van der Waals surface area contributed by atoms with Crippen molar-refractivity contribution in [2.45, 2.75) is 19.8 Å². The highest BCUT2D eigenvalue weighted by atomic mass is 32.1. The van der Waals surface area contributed by atoms with Crippen molar-refractivity contribution in [3.63, 3.8) is 0 Å². The Balaban J connectivity index is 1.74. The zero-order valence-corrected chi connectivity index (χ0v) is 16.0. The number of hydrogen-bond donors (Lipinski definition) is 1. The number of anilines is 1. The highest BCUT2D eigenvalue weighted by molar-refractivity contribution is 7.14. The third-order valence-electron chi connectivity index (χ3n) is 4.07. The normalized spacial score (nSPS) is 11.3. The molecule has 0 fully saturated rings. The van der Waals surface area contributed by atoms with Crippen LogP contribution in [0.15, 0.2) is 65.6 Å². The summed E-state index contributed by atoms with van der Waals surface area (Å²) < 4.78 is 0. The molecular weight excluding hydrogens is 354 g/mol. The van der Waals surface area contributed by atoms with Crippen LogP contribution in [0.4, 0.5) is 5.13 Å². The maximum Gasteiger partial charge on any atom is 0.268 e. The zero-order chi connectivity index (χ0) is 19.2. The van der Waals surface area contributed by atoms with Crippen LogP contribution in [0, 0.1) is 11.3 Å². The molecule has 0 atom stereocenters. The number of aromatic nitrogens is 1. The van der Waals surface area contributed by atoms with Crippen molar-refractivity contribution < 1.29 is 4.79 Å². The van der Waals surface area contributed by atoms with Gasteiger partial charge in [-0.05, 0) is 23.1 Å². The second kappa shape index (κ2) is 8.43. The minimum absolute atomic E-state index is 0.0451. The van der Waals surface area contributed by atoms with E-state index in [-0.39, 0.29) is 5.57 Å². The van der Waals surface area contributed by atoms with Gasteiger partial charge in [-0.2, -0.15) is 5.26 Å². The van der Waals surface area contributed by atoms with Crippen molar-refractivity contribution in [3.8, 4) is 17.3 Å². The predicted octanol–water partition coefficient (Wildman–Crippen LogP) is 5.48. The van der Waals surface area contributed by atoms with Crippen molar-refractivity contribution in [1.82, 2.24) is 4.98 Å². The van der Waals surface area contributed by atoms with Crippen molar-refractivity contribution in [1.29, 1.82) is 5.26 Å². The summed E-state index contributed by atoms with van der Waals surface area (Å²) in [7, 11) is 0. The number of amides is 1. The first-order valence-electron chi connectivity index (χ1n) is 8.61. The lowest BCUT2D eigenvalue weighted by molar-refractivity contribution is -0.112. The number of nitriles is 1.